The molecule has 92 valence electrons. The van der Waals surface area contributed by atoms with Gasteiger partial charge in [0.2, 0.25) is 0 Å². The van der Waals surface area contributed by atoms with Gasteiger partial charge in [0.25, 0.3) is 0 Å². The minimum Gasteiger partial charge on any atom is -0.494 e. The van der Waals surface area contributed by atoms with E-state index in [0.717, 1.165) is 12.2 Å². The highest BCUT2D eigenvalue weighted by molar-refractivity contribution is 5.49. The van der Waals surface area contributed by atoms with E-state index in [9.17, 15) is 0 Å². The highest BCUT2D eigenvalue weighted by Crippen LogP contribution is 2.14. The van der Waals surface area contributed by atoms with Crippen LogP contribution < -0.4 is 4.74 Å². The van der Waals surface area contributed by atoms with Crippen LogP contribution in [-0.2, 0) is 6.42 Å². The molecule has 2 rings (SSSR count). The second kappa shape index (κ2) is 6.65. The van der Waals surface area contributed by atoms with Gasteiger partial charge in [-0.2, -0.15) is 0 Å². The van der Waals surface area contributed by atoms with Gasteiger partial charge in [-0.05, 0) is 36.6 Å². The number of hydrogen-bond donors (Lipinski definition) is 0. The summed E-state index contributed by atoms with van der Waals surface area (Å²) in [4.78, 5) is 0. The third-order valence-corrected chi connectivity index (χ3v) is 2.67. The largest absolute Gasteiger partial charge is 0.494 e. The second-order valence-corrected chi connectivity index (χ2v) is 4.10. The Labute approximate surface area is 109 Å². The molecule has 2 aromatic carbocycles. The van der Waals surface area contributed by atoms with Crippen LogP contribution in [0.3, 0.4) is 0 Å². The molecule has 1 nitrogen and oxygen atoms in total. The van der Waals surface area contributed by atoms with Crippen LogP contribution in [-0.4, -0.2) is 6.61 Å². The van der Waals surface area contributed by atoms with Crippen LogP contribution in [0.4, 0.5) is 0 Å². The molecule has 0 N–H and O–H groups in total. The van der Waals surface area contributed by atoms with Gasteiger partial charge in [-0.15, -0.1) is 0 Å². The number of allylic oxidation sites excluding steroid dienone is 1. The van der Waals surface area contributed by atoms with Crippen molar-refractivity contribution in [1.82, 2.24) is 0 Å². The van der Waals surface area contributed by atoms with E-state index < -0.39 is 0 Å². The van der Waals surface area contributed by atoms with Crippen LogP contribution >= 0.6 is 0 Å². The van der Waals surface area contributed by atoms with Crippen LogP contribution in [0, 0.1) is 0 Å². The van der Waals surface area contributed by atoms with E-state index in [1.165, 1.54) is 11.1 Å². The lowest BCUT2D eigenvalue weighted by molar-refractivity contribution is 0.340. The van der Waals surface area contributed by atoms with Crippen molar-refractivity contribution in [2.75, 3.05) is 6.61 Å². The van der Waals surface area contributed by atoms with Crippen molar-refractivity contribution in [3.8, 4) is 5.75 Å². The van der Waals surface area contributed by atoms with E-state index in [0.29, 0.717) is 6.61 Å². The minimum atomic E-state index is 0.712. The fourth-order valence-electron chi connectivity index (χ4n) is 1.82. The third-order valence-electron chi connectivity index (χ3n) is 2.67. The van der Waals surface area contributed by atoms with Crippen LogP contribution in [0.5, 0.6) is 5.75 Å². The standard InChI is InChI=1S/C17H18O/c1-2-18-17-13-7-12-16(14-17)11-6-10-15-8-4-3-5-9-15/h3-10,12-14H,2,11H2,1H3/b10-6+. The molecule has 0 bridgehead atoms. The normalized spacial score (nSPS) is 10.7. The molecule has 1 heteroatoms. The van der Waals surface area contributed by atoms with Crippen LogP contribution in [0.1, 0.15) is 18.1 Å². The maximum Gasteiger partial charge on any atom is 0.119 e. The summed E-state index contributed by atoms with van der Waals surface area (Å²) in [5, 5.41) is 0. The van der Waals surface area contributed by atoms with Gasteiger partial charge in [-0.1, -0.05) is 54.6 Å². The average Bonchev–Trinajstić information content (AvgIpc) is 2.41. The summed E-state index contributed by atoms with van der Waals surface area (Å²) in [7, 11) is 0. The number of rotatable bonds is 5. The van der Waals surface area contributed by atoms with E-state index in [2.05, 4.69) is 48.6 Å². The van der Waals surface area contributed by atoms with Gasteiger partial charge in [-0.25, -0.2) is 0 Å². The lowest BCUT2D eigenvalue weighted by Gasteiger charge is -2.04. The predicted molar refractivity (Wildman–Crippen MR) is 76.8 cm³/mol. The molecular weight excluding hydrogens is 220 g/mol. The highest BCUT2D eigenvalue weighted by Gasteiger charge is 1.94. The van der Waals surface area contributed by atoms with Gasteiger partial charge in [0.15, 0.2) is 0 Å². The maximum atomic E-state index is 5.49. The molecule has 0 aliphatic heterocycles. The summed E-state index contributed by atoms with van der Waals surface area (Å²) in [6.45, 7) is 2.71. The van der Waals surface area contributed by atoms with Crippen molar-refractivity contribution in [3.63, 3.8) is 0 Å². The first-order chi connectivity index (χ1) is 8.88. The fourth-order valence-corrected chi connectivity index (χ4v) is 1.82. The smallest absolute Gasteiger partial charge is 0.119 e. The van der Waals surface area contributed by atoms with Gasteiger partial charge < -0.3 is 4.74 Å². The molecule has 0 aliphatic rings. The molecule has 0 unspecified atom stereocenters. The summed E-state index contributed by atoms with van der Waals surface area (Å²) in [6.07, 6.45) is 5.25. The maximum absolute atomic E-state index is 5.49. The lowest BCUT2D eigenvalue weighted by atomic mass is 10.1. The molecule has 2 aromatic rings. The molecular formula is C17H18O. The van der Waals surface area contributed by atoms with E-state index in [1.807, 2.05) is 25.1 Å². The topological polar surface area (TPSA) is 9.23 Å². The molecule has 0 spiro atoms. The summed E-state index contributed by atoms with van der Waals surface area (Å²) in [5.74, 6) is 0.947. The van der Waals surface area contributed by atoms with E-state index in [-0.39, 0.29) is 0 Å². The molecule has 0 aromatic heterocycles. The number of hydrogen-bond acceptors (Lipinski definition) is 1. The van der Waals surface area contributed by atoms with E-state index in [4.69, 9.17) is 4.74 Å². The summed E-state index contributed by atoms with van der Waals surface area (Å²) in [6, 6.07) is 18.6. The Morgan fingerprint density at radius 3 is 2.61 bits per heavy atom. The zero-order chi connectivity index (χ0) is 12.6. The molecule has 0 aliphatic carbocycles. The fraction of sp³-hybridized carbons (Fsp3) is 0.176. The Morgan fingerprint density at radius 1 is 1.00 bits per heavy atom. The summed E-state index contributed by atoms with van der Waals surface area (Å²) >= 11 is 0. The highest BCUT2D eigenvalue weighted by atomic mass is 16.5. The monoisotopic (exact) mass is 238 g/mol. The molecule has 0 saturated carbocycles. The van der Waals surface area contributed by atoms with Gasteiger partial charge in [0.05, 0.1) is 6.61 Å². The van der Waals surface area contributed by atoms with Crippen molar-refractivity contribution in [2.45, 2.75) is 13.3 Å². The first kappa shape index (κ1) is 12.4. The molecule has 0 amide bonds. The zero-order valence-corrected chi connectivity index (χ0v) is 10.7. The van der Waals surface area contributed by atoms with E-state index >= 15 is 0 Å². The Morgan fingerprint density at radius 2 is 1.83 bits per heavy atom. The number of ether oxygens (including phenoxy) is 1. The summed E-state index contributed by atoms with van der Waals surface area (Å²) < 4.78 is 5.49. The predicted octanol–water partition coefficient (Wildman–Crippen LogP) is 4.34. The SMILES string of the molecule is CCOc1cccc(C/C=C/c2ccccc2)c1. The Bertz CT molecular complexity index is 500. The molecule has 0 fully saturated rings. The first-order valence-corrected chi connectivity index (χ1v) is 6.32. The Balaban J connectivity index is 1.97. The number of benzene rings is 2. The van der Waals surface area contributed by atoms with Gasteiger partial charge >= 0.3 is 0 Å². The first-order valence-electron chi connectivity index (χ1n) is 6.32. The van der Waals surface area contributed by atoms with Crippen LogP contribution in [0.25, 0.3) is 6.08 Å². The van der Waals surface area contributed by atoms with Crippen molar-refractivity contribution in [2.24, 2.45) is 0 Å². The second-order valence-electron chi connectivity index (χ2n) is 4.10. The van der Waals surface area contributed by atoms with Crippen LogP contribution in [0.2, 0.25) is 0 Å². The van der Waals surface area contributed by atoms with Gasteiger partial charge in [0, 0.05) is 0 Å². The third kappa shape index (κ3) is 3.77. The molecule has 0 atom stereocenters. The van der Waals surface area contributed by atoms with Crippen molar-refractivity contribution < 1.29 is 4.74 Å². The van der Waals surface area contributed by atoms with Crippen molar-refractivity contribution >= 4 is 6.08 Å². The molecule has 0 saturated heterocycles. The van der Waals surface area contributed by atoms with Gasteiger partial charge in [0.1, 0.15) is 5.75 Å². The molecule has 18 heavy (non-hydrogen) atoms. The molecule has 0 radical (unpaired) electrons. The molecule has 0 heterocycles. The van der Waals surface area contributed by atoms with E-state index in [1.54, 1.807) is 0 Å². The van der Waals surface area contributed by atoms with Crippen molar-refractivity contribution in [3.05, 3.63) is 71.8 Å². The minimum absolute atomic E-state index is 0.712. The quantitative estimate of drug-likeness (QED) is 0.753. The Hall–Kier alpha value is -2.02. The summed E-state index contributed by atoms with van der Waals surface area (Å²) in [5.41, 5.74) is 2.51. The van der Waals surface area contributed by atoms with Crippen LogP contribution in [0.15, 0.2) is 60.7 Å². The van der Waals surface area contributed by atoms with Gasteiger partial charge in [-0.3, -0.25) is 0 Å². The zero-order valence-electron chi connectivity index (χ0n) is 10.7. The average molecular weight is 238 g/mol. The lowest BCUT2D eigenvalue weighted by Crippen LogP contribution is -1.92. The Kier molecular flexibility index (Phi) is 4.60. The van der Waals surface area contributed by atoms with Crippen molar-refractivity contribution in [1.29, 1.82) is 0 Å².